The molecule has 0 saturated carbocycles. The number of ether oxygens (including phenoxy) is 1. The summed E-state index contributed by atoms with van der Waals surface area (Å²) in [6.45, 7) is 2.42. The number of benzene rings is 2. The van der Waals surface area contributed by atoms with Gasteiger partial charge in [0.15, 0.2) is 5.52 Å². The van der Waals surface area contributed by atoms with Gasteiger partial charge in [-0.2, -0.15) is 0 Å². The Balaban J connectivity index is 1.88. The molecule has 0 radical (unpaired) electrons. The van der Waals surface area contributed by atoms with Gasteiger partial charge < -0.3 is 15.0 Å². The molecule has 0 atom stereocenters. The topological polar surface area (TPSA) is 107 Å². The SMILES string of the molecule is O=[N+]([O-])c1c(Nc2ccccc2Cl)cc(N2CCOCC2)c2nonc12. The van der Waals surface area contributed by atoms with Crippen LogP contribution >= 0.6 is 11.6 Å². The molecule has 0 amide bonds. The molecule has 0 unspecified atom stereocenters. The average molecular weight is 376 g/mol. The van der Waals surface area contributed by atoms with Gasteiger partial charge in [-0.25, -0.2) is 4.63 Å². The predicted molar refractivity (Wildman–Crippen MR) is 96.2 cm³/mol. The predicted octanol–water partition coefficient (Wildman–Crippen LogP) is 3.36. The molecule has 1 aliphatic heterocycles. The fourth-order valence-electron chi connectivity index (χ4n) is 2.95. The van der Waals surface area contributed by atoms with Crippen molar-refractivity contribution in [1.82, 2.24) is 10.3 Å². The highest BCUT2D eigenvalue weighted by molar-refractivity contribution is 6.33. The Morgan fingerprint density at radius 1 is 1.15 bits per heavy atom. The van der Waals surface area contributed by atoms with Crippen molar-refractivity contribution in [2.45, 2.75) is 0 Å². The lowest BCUT2D eigenvalue weighted by Gasteiger charge is -2.29. The molecule has 134 valence electrons. The smallest absolute Gasteiger partial charge is 0.324 e. The molecule has 1 aromatic heterocycles. The first kappa shape index (κ1) is 16.6. The molecule has 1 saturated heterocycles. The van der Waals surface area contributed by atoms with E-state index in [0.29, 0.717) is 48.2 Å². The summed E-state index contributed by atoms with van der Waals surface area (Å²) in [7, 11) is 0. The summed E-state index contributed by atoms with van der Waals surface area (Å²) in [4.78, 5) is 13.2. The zero-order valence-electron chi connectivity index (χ0n) is 13.5. The first-order valence-corrected chi connectivity index (χ1v) is 8.31. The van der Waals surface area contributed by atoms with E-state index < -0.39 is 4.92 Å². The first-order chi connectivity index (χ1) is 12.6. The second-order valence-electron chi connectivity index (χ2n) is 5.71. The van der Waals surface area contributed by atoms with Crippen LogP contribution in [0.1, 0.15) is 0 Å². The molecule has 0 spiro atoms. The lowest BCUT2D eigenvalue weighted by Crippen LogP contribution is -2.36. The third-order valence-corrected chi connectivity index (χ3v) is 4.50. The lowest BCUT2D eigenvalue weighted by molar-refractivity contribution is -0.382. The fraction of sp³-hybridized carbons (Fsp3) is 0.250. The van der Waals surface area contributed by atoms with Crippen molar-refractivity contribution in [3.63, 3.8) is 0 Å². The van der Waals surface area contributed by atoms with E-state index in [0.717, 1.165) is 0 Å². The van der Waals surface area contributed by atoms with E-state index >= 15 is 0 Å². The van der Waals surface area contributed by atoms with E-state index in [-0.39, 0.29) is 16.9 Å². The maximum Gasteiger partial charge on any atom is 0.324 e. The van der Waals surface area contributed by atoms with Gasteiger partial charge in [-0.1, -0.05) is 23.7 Å². The molecule has 9 nitrogen and oxygen atoms in total. The maximum absolute atomic E-state index is 11.7. The van der Waals surface area contributed by atoms with E-state index in [1.165, 1.54) is 0 Å². The van der Waals surface area contributed by atoms with Crippen LogP contribution in [0, 0.1) is 10.1 Å². The summed E-state index contributed by atoms with van der Waals surface area (Å²) in [5.41, 5.74) is 1.76. The summed E-state index contributed by atoms with van der Waals surface area (Å²) < 4.78 is 10.2. The van der Waals surface area contributed by atoms with Crippen LogP contribution in [0.4, 0.5) is 22.7 Å². The lowest BCUT2D eigenvalue weighted by atomic mass is 10.1. The molecule has 1 N–H and O–H groups in total. The van der Waals surface area contributed by atoms with Crippen LogP contribution in [0.3, 0.4) is 0 Å². The van der Waals surface area contributed by atoms with Crippen molar-refractivity contribution >= 4 is 45.4 Å². The molecule has 4 rings (SSSR count). The number of fused-ring (bicyclic) bond motifs is 1. The number of nitrogens with zero attached hydrogens (tertiary/aromatic N) is 4. The van der Waals surface area contributed by atoms with Crippen molar-refractivity contribution < 1.29 is 14.3 Å². The Morgan fingerprint density at radius 3 is 2.62 bits per heavy atom. The molecule has 1 fully saturated rings. The standard InChI is InChI=1S/C16H14ClN5O4/c17-10-3-1-2-4-11(10)18-12-9-13(21-5-7-25-8-6-21)14-15(20-26-19-14)16(12)22(23)24/h1-4,9,18H,5-8H2. The van der Waals surface area contributed by atoms with Gasteiger partial charge in [-0.05, 0) is 28.5 Å². The summed E-state index contributed by atoms with van der Waals surface area (Å²) in [6.07, 6.45) is 0. The summed E-state index contributed by atoms with van der Waals surface area (Å²) >= 11 is 6.19. The van der Waals surface area contributed by atoms with Gasteiger partial charge in [-0.3, -0.25) is 10.1 Å². The summed E-state index contributed by atoms with van der Waals surface area (Å²) in [5.74, 6) is 0. The Hall–Kier alpha value is -2.91. The summed E-state index contributed by atoms with van der Waals surface area (Å²) in [6, 6.07) is 8.70. The molecule has 2 aromatic carbocycles. The van der Waals surface area contributed by atoms with Gasteiger partial charge in [0.2, 0.25) is 5.52 Å². The van der Waals surface area contributed by atoms with Crippen LogP contribution in [0.25, 0.3) is 11.0 Å². The van der Waals surface area contributed by atoms with Crippen LogP contribution in [0.5, 0.6) is 0 Å². The number of hydrogen-bond acceptors (Lipinski definition) is 8. The van der Waals surface area contributed by atoms with Crippen LogP contribution in [0.2, 0.25) is 5.02 Å². The minimum Gasteiger partial charge on any atom is -0.378 e. The number of nitro benzene ring substituents is 1. The molecule has 26 heavy (non-hydrogen) atoms. The monoisotopic (exact) mass is 375 g/mol. The Bertz CT molecular complexity index is 970. The molecule has 3 aromatic rings. The molecule has 10 heteroatoms. The Morgan fingerprint density at radius 2 is 1.88 bits per heavy atom. The number of rotatable bonds is 4. The van der Waals surface area contributed by atoms with Crippen molar-refractivity contribution in [1.29, 1.82) is 0 Å². The zero-order valence-corrected chi connectivity index (χ0v) is 14.3. The van der Waals surface area contributed by atoms with Crippen LogP contribution in [-0.2, 0) is 4.74 Å². The zero-order chi connectivity index (χ0) is 18.1. The van der Waals surface area contributed by atoms with Gasteiger partial charge in [0.25, 0.3) is 0 Å². The van der Waals surface area contributed by atoms with Gasteiger partial charge in [0.1, 0.15) is 5.69 Å². The number of nitrogens with one attached hydrogen (secondary N) is 1. The van der Waals surface area contributed by atoms with E-state index in [2.05, 4.69) is 15.6 Å². The molecule has 0 aliphatic carbocycles. The van der Waals surface area contributed by atoms with E-state index in [1.807, 2.05) is 4.90 Å². The van der Waals surface area contributed by atoms with E-state index in [9.17, 15) is 10.1 Å². The number of nitro groups is 1. The third-order valence-electron chi connectivity index (χ3n) is 4.17. The largest absolute Gasteiger partial charge is 0.378 e. The van der Waals surface area contributed by atoms with Gasteiger partial charge in [-0.15, -0.1) is 0 Å². The van der Waals surface area contributed by atoms with Gasteiger partial charge in [0, 0.05) is 13.1 Å². The molecule has 2 heterocycles. The number of hydrogen-bond donors (Lipinski definition) is 1. The number of para-hydroxylation sites is 1. The van der Waals surface area contributed by atoms with Crippen LogP contribution in [-0.4, -0.2) is 41.5 Å². The van der Waals surface area contributed by atoms with Crippen LogP contribution < -0.4 is 10.2 Å². The number of halogens is 1. The van der Waals surface area contributed by atoms with Gasteiger partial charge >= 0.3 is 5.69 Å². The highest BCUT2D eigenvalue weighted by atomic mass is 35.5. The Kier molecular flexibility index (Phi) is 4.31. The first-order valence-electron chi connectivity index (χ1n) is 7.93. The maximum atomic E-state index is 11.7. The quantitative estimate of drug-likeness (QED) is 0.546. The summed E-state index contributed by atoms with van der Waals surface area (Å²) in [5, 5.41) is 22.8. The average Bonchev–Trinajstić information content (AvgIpc) is 3.12. The second-order valence-corrected chi connectivity index (χ2v) is 6.12. The van der Waals surface area contributed by atoms with Gasteiger partial charge in [0.05, 0.1) is 34.5 Å². The van der Waals surface area contributed by atoms with Crippen molar-refractivity contribution in [2.75, 3.05) is 36.5 Å². The highest BCUT2D eigenvalue weighted by Crippen LogP contribution is 2.40. The normalized spacial score (nSPS) is 14.6. The molecule has 0 bridgehead atoms. The minimum absolute atomic E-state index is 0.0912. The number of aromatic nitrogens is 2. The molecular formula is C16H14ClN5O4. The van der Waals surface area contributed by atoms with E-state index in [4.69, 9.17) is 21.0 Å². The highest BCUT2D eigenvalue weighted by Gasteiger charge is 2.28. The Labute approximate surface area is 152 Å². The van der Waals surface area contributed by atoms with Crippen LogP contribution in [0.15, 0.2) is 35.0 Å². The number of anilines is 3. The second kappa shape index (κ2) is 6.77. The van der Waals surface area contributed by atoms with Crippen molar-refractivity contribution in [2.24, 2.45) is 0 Å². The fourth-order valence-corrected chi connectivity index (χ4v) is 3.13. The molecule has 1 aliphatic rings. The molecular weight excluding hydrogens is 362 g/mol. The minimum atomic E-state index is -0.505. The number of morpholine rings is 1. The van der Waals surface area contributed by atoms with E-state index in [1.54, 1.807) is 30.3 Å². The van der Waals surface area contributed by atoms with Crippen molar-refractivity contribution in [3.05, 3.63) is 45.5 Å². The van der Waals surface area contributed by atoms with Crippen molar-refractivity contribution in [3.8, 4) is 0 Å². The third kappa shape index (κ3) is 2.91.